The molecule has 1 N–H and O–H groups in total. The van der Waals surface area contributed by atoms with Crippen molar-refractivity contribution in [3.63, 3.8) is 0 Å². The molecular weight excluding hydrogens is 208 g/mol. The van der Waals surface area contributed by atoms with Gasteiger partial charge in [-0.05, 0) is 52.8 Å². The van der Waals surface area contributed by atoms with Gasteiger partial charge in [0.15, 0.2) is 0 Å². The first-order valence-electron chi connectivity index (χ1n) is 6.60. The second-order valence-electron chi connectivity index (χ2n) is 6.51. The molecule has 0 heterocycles. The molecule has 2 unspecified atom stereocenters. The molecule has 0 fully saturated rings. The first kappa shape index (κ1) is 12.5. The first-order chi connectivity index (χ1) is 7.76. The Labute approximate surface area is 105 Å². The highest BCUT2D eigenvalue weighted by molar-refractivity contribution is 5.50. The van der Waals surface area contributed by atoms with E-state index in [4.69, 9.17) is 0 Å². The summed E-state index contributed by atoms with van der Waals surface area (Å²) >= 11 is 0. The summed E-state index contributed by atoms with van der Waals surface area (Å²) in [7, 11) is 0. The van der Waals surface area contributed by atoms with E-state index in [-0.39, 0.29) is 5.41 Å². The Hall–Kier alpha value is -0.980. The molecular formula is C16H24O. The smallest absolute Gasteiger partial charge is 0.118 e. The van der Waals surface area contributed by atoms with Crippen LogP contribution in [0.5, 0.6) is 5.75 Å². The monoisotopic (exact) mass is 232 g/mol. The van der Waals surface area contributed by atoms with Gasteiger partial charge in [-0.3, -0.25) is 0 Å². The number of phenolic OH excluding ortho intramolecular Hbond substituents is 1. The van der Waals surface area contributed by atoms with Crippen LogP contribution in [0.1, 0.15) is 57.2 Å². The Kier molecular flexibility index (Phi) is 2.76. The predicted octanol–water partition coefficient (Wildman–Crippen LogP) is 4.37. The topological polar surface area (TPSA) is 20.2 Å². The Balaban J connectivity index is 2.66. The number of hydrogen-bond donors (Lipinski definition) is 1. The average Bonchev–Trinajstić information content (AvgIpc) is 2.38. The van der Waals surface area contributed by atoms with Gasteiger partial charge in [0.1, 0.15) is 5.75 Å². The van der Waals surface area contributed by atoms with Gasteiger partial charge in [-0.2, -0.15) is 0 Å². The van der Waals surface area contributed by atoms with Gasteiger partial charge in [0.05, 0.1) is 0 Å². The molecule has 2 rings (SSSR count). The number of hydrogen-bond acceptors (Lipinski definition) is 1. The van der Waals surface area contributed by atoms with Crippen molar-refractivity contribution in [3.8, 4) is 5.75 Å². The average molecular weight is 232 g/mol. The zero-order chi connectivity index (χ0) is 13.0. The van der Waals surface area contributed by atoms with E-state index in [0.29, 0.717) is 23.5 Å². The molecule has 0 spiro atoms. The van der Waals surface area contributed by atoms with E-state index >= 15 is 0 Å². The molecule has 17 heavy (non-hydrogen) atoms. The Morgan fingerprint density at radius 1 is 1.24 bits per heavy atom. The molecule has 0 saturated heterocycles. The second-order valence-corrected chi connectivity index (χ2v) is 6.51. The van der Waals surface area contributed by atoms with Crippen LogP contribution in [0.15, 0.2) is 12.1 Å². The van der Waals surface area contributed by atoms with Crippen molar-refractivity contribution in [2.24, 2.45) is 11.8 Å². The minimum absolute atomic E-state index is 0.211. The fraction of sp³-hybridized carbons (Fsp3) is 0.625. The van der Waals surface area contributed by atoms with Crippen LogP contribution in [0.3, 0.4) is 0 Å². The number of rotatable bonds is 1. The van der Waals surface area contributed by atoms with E-state index in [0.717, 1.165) is 5.56 Å². The van der Waals surface area contributed by atoms with E-state index < -0.39 is 0 Å². The molecule has 94 valence electrons. The fourth-order valence-electron chi connectivity index (χ4n) is 3.45. The second kappa shape index (κ2) is 3.76. The summed E-state index contributed by atoms with van der Waals surface area (Å²) < 4.78 is 0. The van der Waals surface area contributed by atoms with Crippen molar-refractivity contribution in [3.05, 3.63) is 28.8 Å². The van der Waals surface area contributed by atoms with Crippen LogP contribution >= 0.6 is 0 Å². The van der Waals surface area contributed by atoms with Gasteiger partial charge in [-0.1, -0.05) is 40.7 Å². The lowest BCUT2D eigenvalue weighted by Crippen LogP contribution is -2.25. The highest BCUT2D eigenvalue weighted by Crippen LogP contribution is 2.54. The Morgan fingerprint density at radius 3 is 2.35 bits per heavy atom. The molecule has 1 heteroatoms. The summed E-state index contributed by atoms with van der Waals surface area (Å²) in [6.07, 6.45) is 0. The number of phenols is 1. The third-order valence-corrected chi connectivity index (χ3v) is 4.82. The molecule has 1 aromatic carbocycles. The first-order valence-corrected chi connectivity index (χ1v) is 6.60. The van der Waals surface area contributed by atoms with Crippen LogP contribution < -0.4 is 0 Å². The molecule has 0 aliphatic heterocycles. The summed E-state index contributed by atoms with van der Waals surface area (Å²) in [4.78, 5) is 0. The van der Waals surface area contributed by atoms with Gasteiger partial charge in [0.2, 0.25) is 0 Å². The van der Waals surface area contributed by atoms with Gasteiger partial charge < -0.3 is 5.11 Å². The van der Waals surface area contributed by atoms with E-state index in [1.807, 2.05) is 13.0 Å². The van der Waals surface area contributed by atoms with Crippen molar-refractivity contribution < 1.29 is 5.11 Å². The molecule has 1 aliphatic carbocycles. The molecule has 1 nitrogen and oxygen atoms in total. The van der Waals surface area contributed by atoms with E-state index in [1.165, 1.54) is 11.1 Å². The molecule has 1 aromatic rings. The SMILES string of the molecule is Cc1cc2c(cc1O)C(C(C)C)C(C)C2(C)C. The molecule has 1 aliphatic rings. The van der Waals surface area contributed by atoms with E-state index in [1.54, 1.807) is 0 Å². The predicted molar refractivity (Wildman–Crippen MR) is 72.6 cm³/mol. The molecule has 0 saturated carbocycles. The van der Waals surface area contributed by atoms with Gasteiger partial charge in [-0.25, -0.2) is 0 Å². The minimum Gasteiger partial charge on any atom is -0.508 e. The third kappa shape index (κ3) is 1.67. The number of benzene rings is 1. The summed E-state index contributed by atoms with van der Waals surface area (Å²) in [6, 6.07) is 4.18. The summed E-state index contributed by atoms with van der Waals surface area (Å²) in [5.41, 5.74) is 4.00. The van der Waals surface area contributed by atoms with E-state index in [2.05, 4.69) is 40.7 Å². The van der Waals surface area contributed by atoms with Gasteiger partial charge >= 0.3 is 0 Å². The molecule has 0 bridgehead atoms. The maximum atomic E-state index is 9.94. The lowest BCUT2D eigenvalue weighted by Gasteiger charge is -2.30. The molecule has 0 amide bonds. The van der Waals surface area contributed by atoms with Crippen molar-refractivity contribution in [1.82, 2.24) is 0 Å². The van der Waals surface area contributed by atoms with Crippen LogP contribution in [-0.2, 0) is 5.41 Å². The summed E-state index contributed by atoms with van der Waals surface area (Å²) in [5, 5.41) is 9.94. The summed E-state index contributed by atoms with van der Waals surface area (Å²) in [5.74, 6) is 2.25. The van der Waals surface area contributed by atoms with Crippen LogP contribution in [0, 0.1) is 18.8 Å². The maximum absolute atomic E-state index is 9.94. The standard InChI is InChI=1S/C16H24O/c1-9(2)15-11(4)16(5,6)13-7-10(3)14(17)8-12(13)15/h7-9,11,15,17H,1-6H3. The lowest BCUT2D eigenvalue weighted by atomic mass is 9.74. The van der Waals surface area contributed by atoms with Crippen molar-refractivity contribution in [2.45, 2.75) is 52.9 Å². The zero-order valence-corrected chi connectivity index (χ0v) is 11.8. The van der Waals surface area contributed by atoms with Gasteiger partial charge in [-0.15, -0.1) is 0 Å². The van der Waals surface area contributed by atoms with Crippen molar-refractivity contribution in [2.75, 3.05) is 0 Å². The quantitative estimate of drug-likeness (QED) is 0.762. The largest absolute Gasteiger partial charge is 0.508 e. The van der Waals surface area contributed by atoms with Gasteiger partial charge in [0, 0.05) is 0 Å². The minimum atomic E-state index is 0.211. The number of fused-ring (bicyclic) bond motifs is 1. The fourth-order valence-corrected chi connectivity index (χ4v) is 3.45. The van der Waals surface area contributed by atoms with Crippen molar-refractivity contribution in [1.29, 1.82) is 0 Å². The number of aromatic hydroxyl groups is 1. The summed E-state index contributed by atoms with van der Waals surface area (Å²) in [6.45, 7) is 13.5. The van der Waals surface area contributed by atoms with Crippen LogP contribution in [0.4, 0.5) is 0 Å². The maximum Gasteiger partial charge on any atom is 0.118 e. The van der Waals surface area contributed by atoms with E-state index in [9.17, 15) is 5.11 Å². The van der Waals surface area contributed by atoms with Crippen LogP contribution in [0.25, 0.3) is 0 Å². The van der Waals surface area contributed by atoms with Crippen LogP contribution in [-0.4, -0.2) is 5.11 Å². The third-order valence-electron chi connectivity index (χ3n) is 4.82. The van der Waals surface area contributed by atoms with Crippen LogP contribution in [0.2, 0.25) is 0 Å². The number of aryl methyl sites for hydroxylation is 1. The van der Waals surface area contributed by atoms with Gasteiger partial charge in [0.25, 0.3) is 0 Å². The normalized spacial score (nSPS) is 26.3. The lowest BCUT2D eigenvalue weighted by molar-refractivity contribution is 0.285. The molecule has 2 atom stereocenters. The highest BCUT2D eigenvalue weighted by Gasteiger charge is 2.44. The Morgan fingerprint density at radius 2 is 1.82 bits per heavy atom. The Bertz CT molecular complexity index is 443. The highest BCUT2D eigenvalue weighted by atomic mass is 16.3. The zero-order valence-electron chi connectivity index (χ0n) is 11.8. The molecule has 0 aromatic heterocycles. The van der Waals surface area contributed by atoms with Crippen molar-refractivity contribution >= 4 is 0 Å². The molecule has 0 radical (unpaired) electrons.